The number of hydrogen-bond donors (Lipinski definition) is 1. The molecule has 0 unspecified atom stereocenters. The normalized spacial score (nSPS) is 12.0. The van der Waals surface area contributed by atoms with Gasteiger partial charge in [0, 0.05) is 20.8 Å². The van der Waals surface area contributed by atoms with Crippen LogP contribution in [-0.4, -0.2) is 55.8 Å². The Labute approximate surface area is 127 Å². The Balaban J connectivity index is 2.19. The molecule has 1 aromatic carbocycles. The van der Waals surface area contributed by atoms with Gasteiger partial charge in [-0.2, -0.15) is 5.10 Å². The highest BCUT2D eigenvalue weighted by atomic mass is 16.5. The third-order valence-corrected chi connectivity index (χ3v) is 3.26. The average molecular weight is 294 g/mol. The second kappa shape index (κ2) is 8.64. The summed E-state index contributed by atoms with van der Waals surface area (Å²) in [6.07, 6.45) is 2.62. The number of nitrogens with zero attached hydrogens (tertiary/aromatic N) is 2. The fourth-order valence-electron chi connectivity index (χ4n) is 1.50. The molecule has 0 aromatic heterocycles. The molecule has 0 bridgehead atoms. The van der Waals surface area contributed by atoms with Crippen LogP contribution in [0.4, 0.5) is 0 Å². The van der Waals surface area contributed by atoms with Gasteiger partial charge in [-0.25, -0.2) is 0 Å². The van der Waals surface area contributed by atoms with Crippen LogP contribution in [-0.2, 0) is 9.47 Å². The van der Waals surface area contributed by atoms with Gasteiger partial charge in [-0.05, 0) is 50.1 Å². The van der Waals surface area contributed by atoms with E-state index in [0.29, 0.717) is 13.2 Å². The lowest BCUT2D eigenvalue weighted by Gasteiger charge is -2.22. The molecule has 1 aromatic rings. The number of phenols is 1. The highest BCUT2D eigenvalue weighted by molar-refractivity contribution is 5.79. The molecule has 5 heteroatoms. The van der Waals surface area contributed by atoms with Crippen molar-refractivity contribution < 1.29 is 14.6 Å². The number of rotatable bonds is 9. The van der Waals surface area contributed by atoms with Gasteiger partial charge < -0.3 is 14.6 Å². The van der Waals surface area contributed by atoms with Crippen molar-refractivity contribution in [2.45, 2.75) is 25.9 Å². The lowest BCUT2D eigenvalue weighted by atomic mass is 10.1. The number of benzene rings is 1. The maximum Gasteiger partial charge on any atom is 0.115 e. The maximum atomic E-state index is 9.20. The molecule has 0 atom stereocenters. The molecule has 0 saturated carbocycles. The van der Waals surface area contributed by atoms with Crippen molar-refractivity contribution in [3.05, 3.63) is 29.8 Å². The molecule has 0 aliphatic rings. The summed E-state index contributed by atoms with van der Waals surface area (Å²) in [5, 5.41) is 15.3. The first-order valence-corrected chi connectivity index (χ1v) is 7.10. The number of ether oxygens (including phenoxy) is 2. The molecule has 1 rings (SSSR count). The summed E-state index contributed by atoms with van der Waals surface area (Å²) < 4.78 is 10.9. The molecule has 118 valence electrons. The Morgan fingerprint density at radius 3 is 2.52 bits per heavy atom. The van der Waals surface area contributed by atoms with Crippen molar-refractivity contribution in [1.82, 2.24) is 5.01 Å². The minimum Gasteiger partial charge on any atom is -0.508 e. The summed E-state index contributed by atoms with van der Waals surface area (Å²) in [6.45, 7) is 6.12. The lowest BCUT2D eigenvalue weighted by Crippen LogP contribution is -2.25. The Kier molecular flexibility index (Phi) is 7.19. The topological polar surface area (TPSA) is 54.3 Å². The Morgan fingerprint density at radius 2 is 1.90 bits per heavy atom. The third-order valence-electron chi connectivity index (χ3n) is 3.26. The van der Waals surface area contributed by atoms with Crippen molar-refractivity contribution in [3.8, 4) is 5.75 Å². The van der Waals surface area contributed by atoms with Crippen LogP contribution in [0.15, 0.2) is 29.4 Å². The van der Waals surface area contributed by atoms with Gasteiger partial charge in [0.2, 0.25) is 0 Å². The van der Waals surface area contributed by atoms with Gasteiger partial charge in [0.05, 0.1) is 25.0 Å². The molecule has 0 aliphatic carbocycles. The van der Waals surface area contributed by atoms with E-state index in [0.717, 1.165) is 18.5 Å². The van der Waals surface area contributed by atoms with Gasteiger partial charge in [-0.1, -0.05) is 0 Å². The van der Waals surface area contributed by atoms with Crippen molar-refractivity contribution in [1.29, 1.82) is 0 Å². The first-order chi connectivity index (χ1) is 9.93. The summed E-state index contributed by atoms with van der Waals surface area (Å²) in [4.78, 5) is 0. The van der Waals surface area contributed by atoms with E-state index in [1.807, 2.05) is 38.0 Å². The number of hydrogen-bond acceptors (Lipinski definition) is 5. The van der Waals surface area contributed by atoms with Crippen LogP contribution in [0.1, 0.15) is 25.8 Å². The van der Waals surface area contributed by atoms with Gasteiger partial charge >= 0.3 is 0 Å². The minimum atomic E-state index is -0.136. The van der Waals surface area contributed by atoms with Crippen LogP contribution >= 0.6 is 0 Å². The quantitative estimate of drug-likeness (QED) is 0.432. The Morgan fingerprint density at radius 1 is 1.24 bits per heavy atom. The zero-order valence-electron chi connectivity index (χ0n) is 13.4. The van der Waals surface area contributed by atoms with Crippen LogP contribution in [0.5, 0.6) is 5.75 Å². The van der Waals surface area contributed by atoms with E-state index in [-0.39, 0.29) is 11.4 Å². The van der Waals surface area contributed by atoms with Gasteiger partial charge in [0.15, 0.2) is 0 Å². The predicted molar refractivity (Wildman–Crippen MR) is 84.9 cm³/mol. The average Bonchev–Trinajstić information content (AvgIpc) is 2.46. The van der Waals surface area contributed by atoms with Crippen LogP contribution in [0.3, 0.4) is 0 Å². The second-order valence-electron chi connectivity index (χ2n) is 5.54. The standard InChI is InChI=1S/C16H26N2O3/c1-16(2,20-4)9-11-21-12-10-18(3)17-13-14-5-7-15(19)8-6-14/h5-8,13,19H,9-12H2,1-4H3/b17-13+. The maximum absolute atomic E-state index is 9.20. The fraction of sp³-hybridized carbons (Fsp3) is 0.562. The number of aromatic hydroxyl groups is 1. The highest BCUT2D eigenvalue weighted by Crippen LogP contribution is 2.12. The summed E-state index contributed by atoms with van der Waals surface area (Å²) in [7, 11) is 3.62. The van der Waals surface area contributed by atoms with Crippen LogP contribution in [0.2, 0.25) is 0 Å². The molecule has 0 aliphatic heterocycles. The Hall–Kier alpha value is -1.59. The van der Waals surface area contributed by atoms with Crippen molar-refractivity contribution in [3.63, 3.8) is 0 Å². The summed E-state index contributed by atoms with van der Waals surface area (Å²) in [5.74, 6) is 0.257. The first-order valence-electron chi connectivity index (χ1n) is 7.10. The Bertz CT molecular complexity index is 430. The smallest absolute Gasteiger partial charge is 0.115 e. The van der Waals surface area contributed by atoms with Crippen LogP contribution < -0.4 is 0 Å². The van der Waals surface area contributed by atoms with Gasteiger partial charge in [0.25, 0.3) is 0 Å². The van der Waals surface area contributed by atoms with Crippen LogP contribution in [0, 0.1) is 0 Å². The number of methoxy groups -OCH3 is 1. The van der Waals surface area contributed by atoms with E-state index in [9.17, 15) is 5.11 Å². The summed E-state index contributed by atoms with van der Waals surface area (Å²) in [6, 6.07) is 6.91. The van der Waals surface area contributed by atoms with E-state index in [1.165, 1.54) is 0 Å². The molecule has 0 fully saturated rings. The molecule has 21 heavy (non-hydrogen) atoms. The van der Waals surface area contributed by atoms with Gasteiger partial charge in [-0.3, -0.25) is 5.01 Å². The van der Waals surface area contributed by atoms with E-state index in [2.05, 4.69) is 5.10 Å². The van der Waals surface area contributed by atoms with E-state index in [1.54, 1.807) is 25.5 Å². The summed E-state index contributed by atoms with van der Waals surface area (Å²) in [5.41, 5.74) is 0.811. The fourth-order valence-corrected chi connectivity index (χ4v) is 1.50. The SMILES string of the molecule is COC(C)(C)CCOCCN(C)/N=C/c1ccc(O)cc1. The zero-order chi connectivity index (χ0) is 15.7. The monoisotopic (exact) mass is 294 g/mol. The van der Waals surface area contributed by atoms with E-state index in [4.69, 9.17) is 9.47 Å². The molecule has 5 nitrogen and oxygen atoms in total. The number of likely N-dealkylation sites (N-methyl/N-ethyl adjacent to an activating group) is 1. The number of hydrazone groups is 1. The van der Waals surface area contributed by atoms with Crippen molar-refractivity contribution >= 4 is 6.21 Å². The van der Waals surface area contributed by atoms with E-state index < -0.39 is 0 Å². The van der Waals surface area contributed by atoms with Crippen molar-refractivity contribution in [2.24, 2.45) is 5.10 Å². The number of phenolic OH excluding ortho intramolecular Hbond substituents is 1. The molecular formula is C16H26N2O3. The largest absolute Gasteiger partial charge is 0.508 e. The summed E-state index contributed by atoms with van der Waals surface area (Å²) >= 11 is 0. The molecule has 0 heterocycles. The molecule has 0 spiro atoms. The molecule has 0 radical (unpaired) electrons. The zero-order valence-corrected chi connectivity index (χ0v) is 13.4. The first kappa shape index (κ1) is 17.5. The minimum absolute atomic E-state index is 0.136. The van der Waals surface area contributed by atoms with Crippen LogP contribution in [0.25, 0.3) is 0 Å². The highest BCUT2D eigenvalue weighted by Gasteiger charge is 2.15. The van der Waals surface area contributed by atoms with Gasteiger partial charge in [0.1, 0.15) is 5.75 Å². The molecular weight excluding hydrogens is 268 g/mol. The van der Waals surface area contributed by atoms with Crippen molar-refractivity contribution in [2.75, 3.05) is 33.9 Å². The molecule has 0 amide bonds. The third kappa shape index (κ3) is 7.68. The lowest BCUT2D eigenvalue weighted by molar-refractivity contribution is -0.0114. The van der Waals surface area contributed by atoms with E-state index >= 15 is 0 Å². The second-order valence-corrected chi connectivity index (χ2v) is 5.54. The van der Waals surface area contributed by atoms with Gasteiger partial charge in [-0.15, -0.1) is 0 Å². The predicted octanol–water partition coefficient (Wildman–Crippen LogP) is 2.49. The molecule has 1 N–H and O–H groups in total. The molecule has 0 saturated heterocycles.